The molecule has 0 radical (unpaired) electrons. The van der Waals surface area contributed by atoms with Crippen molar-refractivity contribution in [3.05, 3.63) is 46.9 Å². The van der Waals surface area contributed by atoms with Crippen LogP contribution in [-0.4, -0.2) is 22.9 Å². The molecule has 1 saturated carbocycles. The van der Waals surface area contributed by atoms with E-state index in [-0.39, 0.29) is 12.1 Å². The Morgan fingerprint density at radius 3 is 2.30 bits per heavy atom. The van der Waals surface area contributed by atoms with Crippen molar-refractivity contribution in [1.29, 1.82) is 0 Å². The molecule has 0 heterocycles. The highest BCUT2D eigenvalue weighted by Gasteiger charge is 2.26. The Labute approximate surface area is 111 Å². The summed E-state index contributed by atoms with van der Waals surface area (Å²) >= 11 is 0. The van der Waals surface area contributed by atoms with E-state index in [2.05, 4.69) is 5.32 Å². The average Bonchev–Trinajstić information content (AvgIpc) is 3.17. The standard InChI is InChI=1S/C13H10F3NO3/c14-9-4-11(16)10(15)3-7(9)12(18)8(13(19)20)5-17-6-1-2-6/h3-6,17H,1-2H2,(H,19,20)/b8-5-. The SMILES string of the molecule is O=C(O)/C(=C\NC1CC1)C(=O)c1cc(F)c(F)cc1F. The summed E-state index contributed by atoms with van der Waals surface area (Å²) in [5.74, 6) is -6.98. The molecule has 2 N–H and O–H groups in total. The van der Waals surface area contributed by atoms with E-state index in [0.29, 0.717) is 6.07 Å². The van der Waals surface area contributed by atoms with Crippen LogP contribution in [0.4, 0.5) is 13.2 Å². The quantitative estimate of drug-likeness (QED) is 0.285. The topological polar surface area (TPSA) is 66.4 Å². The lowest BCUT2D eigenvalue weighted by Gasteiger charge is -2.05. The number of nitrogens with one attached hydrogen (secondary N) is 1. The van der Waals surface area contributed by atoms with Gasteiger partial charge in [-0.05, 0) is 18.9 Å². The Kier molecular flexibility index (Phi) is 3.78. The molecule has 1 aromatic carbocycles. The molecule has 1 aliphatic rings. The number of hydrogen-bond donors (Lipinski definition) is 2. The summed E-state index contributed by atoms with van der Waals surface area (Å²) in [6, 6.07) is 0.643. The Bertz CT molecular complexity index is 609. The van der Waals surface area contributed by atoms with Crippen LogP contribution in [0.1, 0.15) is 23.2 Å². The van der Waals surface area contributed by atoms with Crippen molar-refractivity contribution in [3.8, 4) is 0 Å². The van der Waals surface area contributed by atoms with Crippen LogP contribution in [0.15, 0.2) is 23.9 Å². The summed E-state index contributed by atoms with van der Waals surface area (Å²) in [7, 11) is 0. The van der Waals surface area contributed by atoms with Crippen LogP contribution >= 0.6 is 0 Å². The predicted molar refractivity (Wildman–Crippen MR) is 62.5 cm³/mol. The second-order valence-corrected chi connectivity index (χ2v) is 4.38. The molecule has 0 bridgehead atoms. The third kappa shape index (κ3) is 2.98. The van der Waals surface area contributed by atoms with E-state index >= 15 is 0 Å². The third-order valence-corrected chi connectivity index (χ3v) is 2.77. The van der Waals surface area contributed by atoms with Crippen molar-refractivity contribution in [1.82, 2.24) is 5.32 Å². The Morgan fingerprint density at radius 1 is 1.15 bits per heavy atom. The number of carboxylic acids is 1. The number of Topliss-reactive ketones (excluding diaryl/α,β-unsaturated/α-hetero) is 1. The summed E-state index contributed by atoms with van der Waals surface area (Å²) < 4.78 is 39.3. The first-order chi connectivity index (χ1) is 9.40. The molecule has 20 heavy (non-hydrogen) atoms. The van der Waals surface area contributed by atoms with E-state index in [4.69, 9.17) is 5.11 Å². The zero-order valence-corrected chi connectivity index (χ0v) is 10.1. The number of aliphatic carboxylic acids is 1. The van der Waals surface area contributed by atoms with E-state index in [1.54, 1.807) is 0 Å². The Balaban J connectivity index is 2.34. The van der Waals surface area contributed by atoms with Crippen molar-refractivity contribution in [2.24, 2.45) is 0 Å². The van der Waals surface area contributed by atoms with Crippen LogP contribution in [0.3, 0.4) is 0 Å². The number of ketones is 1. The van der Waals surface area contributed by atoms with Gasteiger partial charge in [-0.15, -0.1) is 0 Å². The van der Waals surface area contributed by atoms with Crippen molar-refractivity contribution in [3.63, 3.8) is 0 Å². The van der Waals surface area contributed by atoms with Gasteiger partial charge in [0, 0.05) is 18.3 Å². The van der Waals surface area contributed by atoms with Crippen LogP contribution in [-0.2, 0) is 4.79 Å². The molecule has 1 aliphatic carbocycles. The highest BCUT2D eigenvalue weighted by atomic mass is 19.2. The average molecular weight is 285 g/mol. The van der Waals surface area contributed by atoms with Crippen LogP contribution in [0.25, 0.3) is 0 Å². The fourth-order valence-electron chi connectivity index (χ4n) is 1.52. The number of benzene rings is 1. The highest BCUT2D eigenvalue weighted by Crippen LogP contribution is 2.20. The summed E-state index contributed by atoms with van der Waals surface area (Å²) in [6.45, 7) is 0. The van der Waals surface area contributed by atoms with Gasteiger partial charge in [0.25, 0.3) is 0 Å². The van der Waals surface area contributed by atoms with Crippen molar-refractivity contribution >= 4 is 11.8 Å². The van der Waals surface area contributed by atoms with E-state index in [1.165, 1.54) is 0 Å². The molecule has 0 aromatic heterocycles. The van der Waals surface area contributed by atoms with Gasteiger partial charge in [-0.25, -0.2) is 18.0 Å². The molecule has 1 aromatic rings. The van der Waals surface area contributed by atoms with Gasteiger partial charge in [-0.1, -0.05) is 0 Å². The van der Waals surface area contributed by atoms with Gasteiger partial charge in [0.2, 0.25) is 5.78 Å². The number of carbonyl (C=O) groups is 2. The molecule has 2 rings (SSSR count). The molecule has 106 valence electrons. The summed E-state index contributed by atoms with van der Waals surface area (Å²) in [4.78, 5) is 22.9. The summed E-state index contributed by atoms with van der Waals surface area (Å²) in [5.41, 5.74) is -1.56. The summed E-state index contributed by atoms with van der Waals surface area (Å²) in [5, 5.41) is 11.6. The largest absolute Gasteiger partial charge is 0.477 e. The maximum atomic E-state index is 13.4. The van der Waals surface area contributed by atoms with Gasteiger partial charge < -0.3 is 10.4 Å². The van der Waals surface area contributed by atoms with Crippen LogP contribution in [0.2, 0.25) is 0 Å². The molecule has 0 unspecified atom stereocenters. The predicted octanol–water partition coefficient (Wildman–Crippen LogP) is 2.01. The number of carboxylic acid groups (broad SMARTS) is 1. The van der Waals surface area contributed by atoms with Gasteiger partial charge in [-0.2, -0.15) is 0 Å². The molecular formula is C13H10F3NO3. The van der Waals surface area contributed by atoms with Gasteiger partial charge in [-0.3, -0.25) is 4.79 Å². The van der Waals surface area contributed by atoms with Gasteiger partial charge >= 0.3 is 5.97 Å². The monoisotopic (exact) mass is 285 g/mol. The van der Waals surface area contributed by atoms with Gasteiger partial charge in [0.1, 0.15) is 11.4 Å². The smallest absolute Gasteiger partial charge is 0.341 e. The van der Waals surface area contributed by atoms with Crippen LogP contribution in [0.5, 0.6) is 0 Å². The van der Waals surface area contributed by atoms with Gasteiger partial charge in [0.05, 0.1) is 5.56 Å². The lowest BCUT2D eigenvalue weighted by Crippen LogP contribution is -2.19. The highest BCUT2D eigenvalue weighted by molar-refractivity contribution is 6.23. The zero-order valence-electron chi connectivity index (χ0n) is 10.1. The first-order valence-electron chi connectivity index (χ1n) is 5.79. The lowest BCUT2D eigenvalue weighted by molar-refractivity contribution is -0.132. The second kappa shape index (κ2) is 5.36. The van der Waals surface area contributed by atoms with Crippen LogP contribution in [0, 0.1) is 17.5 Å². The maximum absolute atomic E-state index is 13.4. The molecule has 0 saturated heterocycles. The zero-order chi connectivity index (χ0) is 14.9. The number of hydrogen-bond acceptors (Lipinski definition) is 3. The second-order valence-electron chi connectivity index (χ2n) is 4.38. The molecule has 4 nitrogen and oxygen atoms in total. The molecule has 0 amide bonds. The minimum Gasteiger partial charge on any atom is -0.477 e. The Hall–Kier alpha value is -2.31. The maximum Gasteiger partial charge on any atom is 0.341 e. The van der Waals surface area contributed by atoms with Crippen molar-refractivity contribution in [2.45, 2.75) is 18.9 Å². The van der Waals surface area contributed by atoms with E-state index in [9.17, 15) is 22.8 Å². The first-order valence-corrected chi connectivity index (χ1v) is 5.79. The number of halogens is 3. The third-order valence-electron chi connectivity index (χ3n) is 2.77. The van der Waals surface area contributed by atoms with Gasteiger partial charge in [0.15, 0.2) is 11.6 Å². The molecule has 1 fully saturated rings. The minimum atomic E-state index is -1.58. The molecule has 7 heteroatoms. The normalized spacial score (nSPS) is 15.1. The number of carbonyl (C=O) groups excluding carboxylic acids is 1. The van der Waals surface area contributed by atoms with E-state index < -0.39 is 40.3 Å². The van der Waals surface area contributed by atoms with Crippen LogP contribution < -0.4 is 5.32 Å². The van der Waals surface area contributed by atoms with E-state index in [1.807, 2.05) is 0 Å². The van der Waals surface area contributed by atoms with E-state index in [0.717, 1.165) is 19.0 Å². The summed E-state index contributed by atoms with van der Waals surface area (Å²) in [6.07, 6.45) is 2.65. The molecule has 0 spiro atoms. The number of rotatable bonds is 5. The molecule has 0 atom stereocenters. The minimum absolute atomic E-state index is 0.0898. The molecular weight excluding hydrogens is 275 g/mol. The molecule has 0 aliphatic heterocycles. The fourth-order valence-corrected chi connectivity index (χ4v) is 1.52. The fraction of sp³-hybridized carbons (Fsp3) is 0.231. The lowest BCUT2D eigenvalue weighted by atomic mass is 10.0. The first kappa shape index (κ1) is 14.1. The van der Waals surface area contributed by atoms with Crippen molar-refractivity contribution < 1.29 is 27.9 Å². The van der Waals surface area contributed by atoms with Crippen molar-refractivity contribution in [2.75, 3.05) is 0 Å². The Morgan fingerprint density at radius 2 is 1.75 bits per heavy atom.